The minimum Gasteiger partial charge on any atom is -0.487 e. The van der Waals surface area contributed by atoms with E-state index in [2.05, 4.69) is 5.32 Å². The molecular weight excluding hydrogens is 437 g/mol. The van der Waals surface area contributed by atoms with Crippen LogP contribution in [0.2, 0.25) is 10.0 Å². The zero-order valence-electron chi connectivity index (χ0n) is 15.9. The second kappa shape index (κ2) is 8.85. The Balaban J connectivity index is 2.00. The third-order valence-electron chi connectivity index (χ3n) is 4.37. The molecule has 30 heavy (non-hydrogen) atoms. The van der Waals surface area contributed by atoms with Crippen molar-refractivity contribution in [3.05, 3.63) is 91.3 Å². The molecule has 0 aliphatic rings. The lowest BCUT2D eigenvalue weighted by Crippen LogP contribution is -2.23. The summed E-state index contributed by atoms with van der Waals surface area (Å²) >= 11 is 12.4. The molecule has 1 amide bonds. The van der Waals surface area contributed by atoms with Crippen molar-refractivity contribution < 1.29 is 18.3 Å². The van der Waals surface area contributed by atoms with E-state index in [0.717, 1.165) is 12.1 Å². The molecule has 156 valence electrons. The van der Waals surface area contributed by atoms with Gasteiger partial charge in [0.2, 0.25) is 0 Å². The molecule has 0 radical (unpaired) electrons. The zero-order valence-corrected chi connectivity index (χ0v) is 17.4. The molecule has 0 atom stereocenters. The molecule has 0 unspecified atom stereocenters. The van der Waals surface area contributed by atoms with Gasteiger partial charge in [0.25, 0.3) is 11.5 Å². The van der Waals surface area contributed by atoms with Gasteiger partial charge < -0.3 is 10.1 Å². The first-order chi connectivity index (χ1) is 14.2. The smallest absolute Gasteiger partial charge is 0.277 e. The number of nitrogens with zero attached hydrogens (tertiary/aromatic N) is 1. The molecule has 0 aliphatic carbocycles. The lowest BCUT2D eigenvalue weighted by Gasteiger charge is -2.16. The van der Waals surface area contributed by atoms with Gasteiger partial charge >= 0.3 is 0 Å². The van der Waals surface area contributed by atoms with Crippen LogP contribution >= 0.6 is 23.2 Å². The summed E-state index contributed by atoms with van der Waals surface area (Å²) < 4.78 is 33.6. The second-order valence-corrected chi connectivity index (χ2v) is 7.16. The van der Waals surface area contributed by atoms with Crippen LogP contribution in [0.3, 0.4) is 0 Å². The summed E-state index contributed by atoms with van der Waals surface area (Å²) in [7, 11) is 1.49. The number of ether oxygens (including phenoxy) is 1. The first kappa shape index (κ1) is 21.8. The van der Waals surface area contributed by atoms with E-state index < -0.39 is 17.2 Å². The van der Waals surface area contributed by atoms with Gasteiger partial charge in [0, 0.05) is 36.0 Å². The van der Waals surface area contributed by atoms with Crippen molar-refractivity contribution in [3.8, 4) is 11.4 Å². The van der Waals surface area contributed by atoms with Gasteiger partial charge in [-0.3, -0.25) is 14.2 Å². The molecule has 0 bridgehead atoms. The lowest BCUT2D eigenvalue weighted by molar-refractivity contribution is 0.0963. The molecule has 0 spiro atoms. The Hall–Kier alpha value is -2.90. The van der Waals surface area contributed by atoms with E-state index in [1.165, 1.54) is 41.9 Å². The van der Waals surface area contributed by atoms with E-state index >= 15 is 0 Å². The molecule has 2 aromatic carbocycles. The van der Waals surface area contributed by atoms with Crippen molar-refractivity contribution in [1.29, 1.82) is 0 Å². The standard InChI is InChI=1S/C21H16Cl2F2N2O3/c1-11-7-18(30-10-13-3-5-14(24)9-16(13)25)19(23)21(29)27(11)17-8-12(20(28)26-2)4-6-15(17)22/h3-9H,10H2,1-2H3,(H,26,28). The Bertz CT molecular complexity index is 1200. The Morgan fingerprint density at radius 2 is 1.87 bits per heavy atom. The van der Waals surface area contributed by atoms with E-state index in [0.29, 0.717) is 11.3 Å². The van der Waals surface area contributed by atoms with Crippen LogP contribution in [0.4, 0.5) is 8.78 Å². The van der Waals surface area contributed by atoms with Crippen LogP contribution in [0.15, 0.2) is 47.3 Å². The first-order valence-electron chi connectivity index (χ1n) is 8.73. The predicted molar refractivity (Wildman–Crippen MR) is 111 cm³/mol. The van der Waals surface area contributed by atoms with Crippen LogP contribution in [0.25, 0.3) is 5.69 Å². The summed E-state index contributed by atoms with van der Waals surface area (Å²) in [6, 6.07) is 9.09. The molecule has 3 aromatic rings. The Morgan fingerprint density at radius 3 is 2.53 bits per heavy atom. The molecule has 0 saturated heterocycles. The van der Waals surface area contributed by atoms with Gasteiger partial charge in [-0.15, -0.1) is 0 Å². The summed E-state index contributed by atoms with van der Waals surface area (Å²) in [5.74, 6) is -1.78. The maximum Gasteiger partial charge on any atom is 0.277 e. The van der Waals surface area contributed by atoms with E-state index in [1.807, 2.05) is 0 Å². The number of rotatable bonds is 5. The van der Waals surface area contributed by atoms with Gasteiger partial charge in [-0.05, 0) is 37.3 Å². The number of hydrogen-bond acceptors (Lipinski definition) is 3. The molecule has 0 aliphatic heterocycles. The van der Waals surface area contributed by atoms with Crippen LogP contribution in [-0.4, -0.2) is 17.5 Å². The second-order valence-electron chi connectivity index (χ2n) is 6.37. The highest BCUT2D eigenvalue weighted by Crippen LogP contribution is 2.28. The topological polar surface area (TPSA) is 60.3 Å². The van der Waals surface area contributed by atoms with Crippen molar-refractivity contribution in [1.82, 2.24) is 9.88 Å². The number of aromatic nitrogens is 1. The van der Waals surface area contributed by atoms with Gasteiger partial charge in [-0.2, -0.15) is 0 Å². The van der Waals surface area contributed by atoms with Crippen molar-refractivity contribution in [2.45, 2.75) is 13.5 Å². The number of benzene rings is 2. The highest BCUT2D eigenvalue weighted by atomic mass is 35.5. The molecular formula is C21H16Cl2F2N2O3. The number of amides is 1. The van der Waals surface area contributed by atoms with E-state index in [-0.39, 0.29) is 39.6 Å². The number of nitrogens with one attached hydrogen (secondary N) is 1. The third-order valence-corrected chi connectivity index (χ3v) is 5.04. The number of halogens is 4. The van der Waals surface area contributed by atoms with Gasteiger partial charge in [-0.1, -0.05) is 23.2 Å². The van der Waals surface area contributed by atoms with Gasteiger partial charge in [0.15, 0.2) is 0 Å². The quantitative estimate of drug-likeness (QED) is 0.611. The summed E-state index contributed by atoms with van der Waals surface area (Å²) in [6.07, 6.45) is 0. The Kier molecular flexibility index (Phi) is 6.43. The Labute approximate surface area is 180 Å². The monoisotopic (exact) mass is 452 g/mol. The van der Waals surface area contributed by atoms with Crippen LogP contribution in [0.5, 0.6) is 5.75 Å². The highest BCUT2D eigenvalue weighted by Gasteiger charge is 2.18. The van der Waals surface area contributed by atoms with Crippen molar-refractivity contribution in [2.24, 2.45) is 0 Å². The normalized spacial score (nSPS) is 10.7. The van der Waals surface area contributed by atoms with Crippen molar-refractivity contribution in [3.63, 3.8) is 0 Å². The SMILES string of the molecule is CNC(=O)c1ccc(Cl)c(-n2c(C)cc(OCc3ccc(F)cc3F)c(Cl)c2=O)c1. The molecule has 0 saturated carbocycles. The molecule has 1 N–H and O–H groups in total. The number of carbonyl (C=O) groups is 1. The fourth-order valence-corrected chi connectivity index (χ4v) is 3.25. The molecule has 5 nitrogen and oxygen atoms in total. The summed E-state index contributed by atoms with van der Waals surface area (Å²) in [5.41, 5.74) is 0.498. The van der Waals surface area contributed by atoms with Crippen LogP contribution in [0.1, 0.15) is 21.6 Å². The molecule has 1 aromatic heterocycles. The highest BCUT2D eigenvalue weighted by molar-refractivity contribution is 6.33. The van der Waals surface area contributed by atoms with Gasteiger partial charge in [0.1, 0.15) is 29.0 Å². The zero-order chi connectivity index (χ0) is 22.0. The minimum atomic E-state index is -0.769. The lowest BCUT2D eigenvalue weighted by atomic mass is 10.1. The van der Waals surface area contributed by atoms with E-state index in [4.69, 9.17) is 27.9 Å². The number of aryl methyl sites for hydroxylation is 1. The minimum absolute atomic E-state index is 0.0396. The maximum absolute atomic E-state index is 13.8. The van der Waals surface area contributed by atoms with Gasteiger partial charge in [0.05, 0.1) is 10.7 Å². The fourth-order valence-electron chi connectivity index (χ4n) is 2.85. The molecule has 3 rings (SSSR count). The number of pyridine rings is 1. The number of hydrogen-bond donors (Lipinski definition) is 1. The van der Waals surface area contributed by atoms with Crippen molar-refractivity contribution >= 4 is 29.1 Å². The summed E-state index contributed by atoms with van der Waals surface area (Å²) in [5, 5.41) is 2.50. The summed E-state index contributed by atoms with van der Waals surface area (Å²) in [6.45, 7) is 1.38. The average Bonchev–Trinajstić information content (AvgIpc) is 2.71. The predicted octanol–water partition coefficient (Wildman–Crippen LogP) is 4.67. The number of carbonyl (C=O) groups excluding carboxylic acids is 1. The first-order valence-corrected chi connectivity index (χ1v) is 9.49. The van der Waals surface area contributed by atoms with Crippen LogP contribution < -0.4 is 15.6 Å². The fraction of sp³-hybridized carbons (Fsp3) is 0.143. The van der Waals surface area contributed by atoms with Crippen LogP contribution in [-0.2, 0) is 6.61 Å². The van der Waals surface area contributed by atoms with E-state index in [9.17, 15) is 18.4 Å². The molecule has 1 heterocycles. The summed E-state index contributed by atoms with van der Waals surface area (Å²) in [4.78, 5) is 24.8. The average molecular weight is 453 g/mol. The molecule has 9 heteroatoms. The van der Waals surface area contributed by atoms with Crippen molar-refractivity contribution in [2.75, 3.05) is 7.05 Å². The van der Waals surface area contributed by atoms with Gasteiger partial charge in [-0.25, -0.2) is 8.78 Å². The van der Waals surface area contributed by atoms with E-state index in [1.54, 1.807) is 6.92 Å². The largest absolute Gasteiger partial charge is 0.487 e. The van der Waals surface area contributed by atoms with Crippen LogP contribution in [0, 0.1) is 18.6 Å². The molecule has 0 fully saturated rings. The maximum atomic E-state index is 13.8. The Morgan fingerprint density at radius 1 is 1.13 bits per heavy atom. The third kappa shape index (κ3) is 4.32.